The van der Waals surface area contributed by atoms with E-state index in [1.54, 1.807) is 11.8 Å². The van der Waals surface area contributed by atoms with Crippen molar-refractivity contribution < 1.29 is 4.79 Å². The van der Waals surface area contributed by atoms with Gasteiger partial charge >= 0.3 is 0 Å². The highest BCUT2D eigenvalue weighted by Gasteiger charge is 1.91. The van der Waals surface area contributed by atoms with Gasteiger partial charge in [-0.2, -0.15) is 11.8 Å². The number of carbonyl (C=O) groups excluding carboxylic acids is 1. The lowest BCUT2D eigenvalue weighted by Gasteiger charge is -2.00. The van der Waals surface area contributed by atoms with Crippen molar-refractivity contribution in [3.63, 3.8) is 0 Å². The minimum Gasteiger partial charge on any atom is -0.352 e. The molecule has 0 atom stereocenters. The Bertz CT molecular complexity index is 125. The van der Waals surface area contributed by atoms with Gasteiger partial charge in [0, 0.05) is 12.3 Å². The predicted octanol–water partition coefficient (Wildman–Crippen LogP) is 1.25. The maximum atomic E-state index is 10.6. The third kappa shape index (κ3) is 7.46. The van der Waals surface area contributed by atoms with Gasteiger partial charge in [0.25, 0.3) is 0 Å². The highest BCUT2D eigenvalue weighted by atomic mass is 32.2. The number of nitrogens with one attached hydrogen (secondary N) is 1. The Kier molecular flexibility index (Phi) is 7.36. The molecule has 0 rings (SSSR count). The summed E-state index contributed by atoms with van der Waals surface area (Å²) in [7, 11) is 0. The molecule has 0 aromatic carbocycles. The van der Waals surface area contributed by atoms with Crippen LogP contribution in [0, 0.1) is 6.92 Å². The van der Waals surface area contributed by atoms with Crippen LogP contribution in [0.25, 0.3) is 0 Å². The van der Waals surface area contributed by atoms with Gasteiger partial charge in [-0.3, -0.25) is 4.79 Å². The van der Waals surface area contributed by atoms with Crippen molar-refractivity contribution in [3.8, 4) is 0 Å². The van der Waals surface area contributed by atoms with E-state index >= 15 is 0 Å². The second-order valence-electron chi connectivity index (χ2n) is 1.96. The minimum atomic E-state index is -0.0970. The van der Waals surface area contributed by atoms with E-state index in [0.717, 1.165) is 24.5 Å². The minimum absolute atomic E-state index is 0.0970. The Morgan fingerprint density at radius 2 is 2.27 bits per heavy atom. The van der Waals surface area contributed by atoms with E-state index in [0.29, 0.717) is 0 Å². The second-order valence-corrected chi connectivity index (χ2v) is 3.19. The van der Waals surface area contributed by atoms with Crippen LogP contribution in [0.1, 0.15) is 6.42 Å². The first-order chi connectivity index (χ1) is 5.31. The Morgan fingerprint density at radius 3 is 2.82 bits per heavy atom. The topological polar surface area (TPSA) is 29.1 Å². The molecule has 0 heterocycles. The molecule has 0 aromatic heterocycles. The molecule has 1 radical (unpaired) electrons. The average molecular weight is 172 g/mol. The molecule has 3 heteroatoms. The SMILES string of the molecule is [CH2]CCSCCNC(=O)C=C. The molecule has 1 N–H and O–H groups in total. The molecule has 0 aliphatic carbocycles. The van der Waals surface area contributed by atoms with Crippen LogP contribution in [0.4, 0.5) is 0 Å². The second kappa shape index (κ2) is 7.66. The molecule has 63 valence electrons. The number of hydrogen-bond acceptors (Lipinski definition) is 2. The van der Waals surface area contributed by atoms with Crippen LogP contribution < -0.4 is 5.32 Å². The first-order valence-corrected chi connectivity index (χ1v) is 4.74. The van der Waals surface area contributed by atoms with Gasteiger partial charge in [0.2, 0.25) is 5.91 Å². The summed E-state index contributed by atoms with van der Waals surface area (Å²) >= 11 is 1.79. The summed E-state index contributed by atoms with van der Waals surface area (Å²) in [6, 6.07) is 0. The first kappa shape index (κ1) is 10.6. The van der Waals surface area contributed by atoms with Crippen LogP contribution in [0.3, 0.4) is 0 Å². The average Bonchev–Trinajstić information content (AvgIpc) is 2.04. The molecule has 2 nitrogen and oxygen atoms in total. The molecule has 0 fully saturated rings. The lowest BCUT2D eigenvalue weighted by molar-refractivity contribution is -0.116. The summed E-state index contributed by atoms with van der Waals surface area (Å²) in [5.74, 6) is 1.92. The Balaban J connectivity index is 3.01. The van der Waals surface area contributed by atoms with E-state index in [9.17, 15) is 4.79 Å². The van der Waals surface area contributed by atoms with Crippen molar-refractivity contribution >= 4 is 17.7 Å². The lowest BCUT2D eigenvalue weighted by atomic mass is 10.6. The predicted molar refractivity (Wildman–Crippen MR) is 50.5 cm³/mol. The first-order valence-electron chi connectivity index (χ1n) is 3.58. The third-order valence-electron chi connectivity index (χ3n) is 1.02. The van der Waals surface area contributed by atoms with Crippen molar-refractivity contribution in [2.75, 3.05) is 18.1 Å². The zero-order valence-corrected chi connectivity index (χ0v) is 7.45. The molecule has 1 amide bonds. The monoisotopic (exact) mass is 172 g/mol. The van der Waals surface area contributed by atoms with Gasteiger partial charge in [-0.05, 0) is 18.2 Å². The fourth-order valence-electron chi connectivity index (χ4n) is 0.523. The van der Waals surface area contributed by atoms with Crippen molar-refractivity contribution in [2.24, 2.45) is 0 Å². The fourth-order valence-corrected chi connectivity index (χ4v) is 1.18. The Morgan fingerprint density at radius 1 is 1.55 bits per heavy atom. The van der Waals surface area contributed by atoms with Crippen molar-refractivity contribution in [1.29, 1.82) is 0 Å². The van der Waals surface area contributed by atoms with E-state index < -0.39 is 0 Å². The summed E-state index contributed by atoms with van der Waals surface area (Å²) in [6.45, 7) is 7.77. The van der Waals surface area contributed by atoms with Gasteiger partial charge in [0.15, 0.2) is 0 Å². The third-order valence-corrected chi connectivity index (χ3v) is 2.09. The standard InChI is InChI=1S/C8H14NOS/c1-3-6-11-7-5-9-8(10)4-2/h4H,1-3,5-7H2,(H,9,10). The molecule has 0 saturated carbocycles. The smallest absolute Gasteiger partial charge is 0.243 e. The molecule has 0 unspecified atom stereocenters. The van der Waals surface area contributed by atoms with Crippen LogP contribution in [-0.4, -0.2) is 24.0 Å². The molecular formula is C8H14NOS. The van der Waals surface area contributed by atoms with Crippen LogP contribution in [-0.2, 0) is 4.79 Å². The largest absolute Gasteiger partial charge is 0.352 e. The fraction of sp³-hybridized carbons (Fsp3) is 0.500. The van der Waals surface area contributed by atoms with Crippen molar-refractivity contribution in [1.82, 2.24) is 5.32 Å². The highest BCUT2D eigenvalue weighted by molar-refractivity contribution is 7.99. The molecular weight excluding hydrogens is 158 g/mol. The number of amides is 1. The number of carbonyl (C=O) groups is 1. The molecule has 0 aliphatic rings. The zero-order chi connectivity index (χ0) is 8.53. The van der Waals surface area contributed by atoms with Gasteiger partial charge < -0.3 is 5.32 Å². The molecule has 0 aromatic rings. The number of rotatable bonds is 6. The van der Waals surface area contributed by atoms with E-state index in [4.69, 9.17) is 0 Å². The van der Waals surface area contributed by atoms with Crippen LogP contribution in [0.5, 0.6) is 0 Å². The van der Waals surface area contributed by atoms with Crippen molar-refractivity contribution in [3.05, 3.63) is 19.6 Å². The van der Waals surface area contributed by atoms with E-state index in [1.807, 2.05) is 0 Å². The van der Waals surface area contributed by atoms with Gasteiger partial charge in [0.05, 0.1) is 0 Å². The summed E-state index contributed by atoms with van der Waals surface area (Å²) in [5, 5.41) is 2.69. The zero-order valence-electron chi connectivity index (χ0n) is 6.64. The molecule has 0 bridgehead atoms. The highest BCUT2D eigenvalue weighted by Crippen LogP contribution is 1.99. The molecule has 0 aliphatic heterocycles. The van der Waals surface area contributed by atoms with Gasteiger partial charge in [-0.15, -0.1) is 0 Å². The summed E-state index contributed by atoms with van der Waals surface area (Å²) in [4.78, 5) is 10.6. The van der Waals surface area contributed by atoms with Crippen molar-refractivity contribution in [2.45, 2.75) is 6.42 Å². The maximum Gasteiger partial charge on any atom is 0.243 e. The Hall–Kier alpha value is -0.440. The van der Waals surface area contributed by atoms with E-state index in [2.05, 4.69) is 18.8 Å². The van der Waals surface area contributed by atoms with Crippen LogP contribution in [0.2, 0.25) is 0 Å². The van der Waals surface area contributed by atoms with E-state index in [-0.39, 0.29) is 5.91 Å². The normalized spacial score (nSPS) is 9.18. The summed E-state index contributed by atoms with van der Waals surface area (Å²) < 4.78 is 0. The van der Waals surface area contributed by atoms with Gasteiger partial charge in [0.1, 0.15) is 0 Å². The molecule has 0 saturated heterocycles. The van der Waals surface area contributed by atoms with Gasteiger partial charge in [-0.25, -0.2) is 0 Å². The summed E-state index contributed by atoms with van der Waals surface area (Å²) in [5.41, 5.74) is 0. The van der Waals surface area contributed by atoms with Crippen LogP contribution >= 0.6 is 11.8 Å². The number of thioether (sulfide) groups is 1. The molecule has 11 heavy (non-hydrogen) atoms. The maximum absolute atomic E-state index is 10.6. The molecule has 0 spiro atoms. The summed E-state index contributed by atoms with van der Waals surface area (Å²) in [6.07, 6.45) is 2.23. The van der Waals surface area contributed by atoms with Crippen LogP contribution in [0.15, 0.2) is 12.7 Å². The lowest BCUT2D eigenvalue weighted by Crippen LogP contribution is -2.23. The Labute approximate surface area is 72.4 Å². The van der Waals surface area contributed by atoms with Gasteiger partial charge in [-0.1, -0.05) is 13.5 Å². The van der Waals surface area contributed by atoms with E-state index in [1.165, 1.54) is 6.08 Å². The number of hydrogen-bond donors (Lipinski definition) is 1. The quantitative estimate of drug-likeness (QED) is 0.482.